The Balaban J connectivity index is 1.94. The summed E-state index contributed by atoms with van der Waals surface area (Å²) in [5.41, 5.74) is 2.16. The topological polar surface area (TPSA) is 54.9 Å². The SMILES string of the molecule is CCNC(=NCc1ccc(F)c(COC)c1)NCc1ccc(OCC(F)(F)F)cc1. The van der Waals surface area contributed by atoms with Crippen LogP contribution in [0.3, 0.4) is 0 Å². The highest BCUT2D eigenvalue weighted by Gasteiger charge is 2.28. The molecule has 0 radical (unpaired) electrons. The van der Waals surface area contributed by atoms with Gasteiger partial charge in [0.2, 0.25) is 0 Å². The van der Waals surface area contributed by atoms with Gasteiger partial charge in [-0.15, -0.1) is 0 Å². The van der Waals surface area contributed by atoms with Crippen LogP contribution in [0.1, 0.15) is 23.6 Å². The van der Waals surface area contributed by atoms with Gasteiger partial charge in [-0.3, -0.25) is 0 Å². The average molecular weight is 427 g/mol. The van der Waals surface area contributed by atoms with Crippen LogP contribution in [0.25, 0.3) is 0 Å². The van der Waals surface area contributed by atoms with Gasteiger partial charge in [-0.25, -0.2) is 9.38 Å². The third-order valence-corrected chi connectivity index (χ3v) is 3.96. The summed E-state index contributed by atoms with van der Waals surface area (Å²) in [5.74, 6) is 0.393. The van der Waals surface area contributed by atoms with Crippen molar-refractivity contribution in [3.05, 3.63) is 65.0 Å². The minimum atomic E-state index is -4.37. The van der Waals surface area contributed by atoms with E-state index in [1.165, 1.54) is 25.3 Å². The summed E-state index contributed by atoms with van der Waals surface area (Å²) in [5, 5.41) is 6.27. The summed E-state index contributed by atoms with van der Waals surface area (Å²) in [6.07, 6.45) is -4.37. The van der Waals surface area contributed by atoms with Gasteiger partial charge in [-0.1, -0.05) is 18.2 Å². The smallest absolute Gasteiger partial charge is 0.422 e. The zero-order chi connectivity index (χ0) is 22.0. The molecule has 0 spiro atoms. The molecule has 0 aliphatic carbocycles. The second-order valence-electron chi connectivity index (χ2n) is 6.46. The minimum Gasteiger partial charge on any atom is -0.484 e. The number of aliphatic imine (C=N–C) groups is 1. The number of benzene rings is 2. The number of rotatable bonds is 9. The Morgan fingerprint density at radius 1 is 1.03 bits per heavy atom. The van der Waals surface area contributed by atoms with Crippen molar-refractivity contribution in [3.8, 4) is 5.75 Å². The molecule has 2 aromatic carbocycles. The fourth-order valence-electron chi connectivity index (χ4n) is 2.56. The van der Waals surface area contributed by atoms with E-state index in [9.17, 15) is 17.6 Å². The second-order valence-corrected chi connectivity index (χ2v) is 6.46. The Bertz CT molecular complexity index is 824. The Morgan fingerprint density at radius 2 is 1.73 bits per heavy atom. The summed E-state index contributed by atoms with van der Waals surface area (Å²) in [4.78, 5) is 4.49. The molecule has 0 saturated carbocycles. The number of guanidine groups is 1. The van der Waals surface area contributed by atoms with E-state index in [0.717, 1.165) is 11.1 Å². The number of methoxy groups -OCH3 is 1. The van der Waals surface area contributed by atoms with Crippen molar-refractivity contribution >= 4 is 5.96 Å². The van der Waals surface area contributed by atoms with Crippen molar-refractivity contribution in [1.29, 1.82) is 0 Å². The number of ether oxygens (including phenoxy) is 2. The Labute approximate surface area is 173 Å². The number of halogens is 4. The maximum absolute atomic E-state index is 13.7. The predicted molar refractivity (Wildman–Crippen MR) is 107 cm³/mol. The number of hydrogen-bond acceptors (Lipinski definition) is 3. The van der Waals surface area contributed by atoms with Crippen molar-refractivity contribution < 1.29 is 27.0 Å². The minimum absolute atomic E-state index is 0.153. The number of nitrogens with one attached hydrogen (secondary N) is 2. The Kier molecular flexibility index (Phi) is 8.91. The molecule has 0 bridgehead atoms. The quantitative estimate of drug-likeness (QED) is 0.358. The maximum Gasteiger partial charge on any atom is 0.422 e. The largest absolute Gasteiger partial charge is 0.484 e. The molecule has 0 aliphatic rings. The van der Waals surface area contributed by atoms with Crippen LogP contribution in [0.5, 0.6) is 5.75 Å². The van der Waals surface area contributed by atoms with Crippen LogP contribution in [-0.2, 0) is 24.4 Å². The standard InChI is InChI=1S/C21H25F4N3O2/c1-3-26-20(28-12-16-6-9-19(22)17(10-16)13-29-2)27-11-15-4-7-18(8-5-15)30-14-21(23,24)25/h4-10H,3,11-14H2,1-2H3,(H2,26,27,28). The highest BCUT2D eigenvalue weighted by atomic mass is 19.4. The van der Waals surface area contributed by atoms with Crippen LogP contribution in [0, 0.1) is 5.82 Å². The van der Waals surface area contributed by atoms with E-state index in [0.29, 0.717) is 31.2 Å². The first-order valence-electron chi connectivity index (χ1n) is 9.37. The van der Waals surface area contributed by atoms with Crippen molar-refractivity contribution in [2.75, 3.05) is 20.3 Å². The molecule has 164 valence electrons. The molecule has 9 heteroatoms. The highest BCUT2D eigenvalue weighted by Crippen LogP contribution is 2.19. The zero-order valence-corrected chi connectivity index (χ0v) is 16.9. The van der Waals surface area contributed by atoms with Gasteiger partial charge >= 0.3 is 6.18 Å². The maximum atomic E-state index is 13.7. The Morgan fingerprint density at radius 3 is 2.37 bits per heavy atom. The third kappa shape index (κ3) is 8.28. The van der Waals surface area contributed by atoms with Gasteiger partial charge in [0.1, 0.15) is 11.6 Å². The monoisotopic (exact) mass is 427 g/mol. The Hall–Kier alpha value is -2.81. The molecule has 30 heavy (non-hydrogen) atoms. The van der Waals surface area contributed by atoms with E-state index in [1.807, 2.05) is 6.92 Å². The molecule has 0 amide bonds. The lowest BCUT2D eigenvalue weighted by Gasteiger charge is -2.13. The molecule has 5 nitrogen and oxygen atoms in total. The molecule has 2 N–H and O–H groups in total. The molecule has 0 saturated heterocycles. The fraction of sp³-hybridized carbons (Fsp3) is 0.381. The summed E-state index contributed by atoms with van der Waals surface area (Å²) in [7, 11) is 1.51. The zero-order valence-electron chi connectivity index (χ0n) is 16.9. The van der Waals surface area contributed by atoms with E-state index in [4.69, 9.17) is 9.47 Å². The lowest BCUT2D eigenvalue weighted by Crippen LogP contribution is -2.36. The molecule has 2 rings (SSSR count). The molecule has 0 fully saturated rings. The number of hydrogen-bond donors (Lipinski definition) is 2. The number of alkyl halides is 3. The number of nitrogens with zero attached hydrogens (tertiary/aromatic N) is 1. The van der Waals surface area contributed by atoms with Gasteiger partial charge in [0.05, 0.1) is 13.2 Å². The first-order chi connectivity index (χ1) is 14.3. The third-order valence-electron chi connectivity index (χ3n) is 3.96. The first kappa shape index (κ1) is 23.5. The van der Waals surface area contributed by atoms with Crippen molar-refractivity contribution in [2.24, 2.45) is 4.99 Å². The first-order valence-corrected chi connectivity index (χ1v) is 9.37. The molecular formula is C21H25F4N3O2. The molecule has 0 atom stereocenters. The highest BCUT2D eigenvalue weighted by molar-refractivity contribution is 5.79. The lowest BCUT2D eigenvalue weighted by molar-refractivity contribution is -0.153. The van der Waals surface area contributed by atoms with E-state index in [1.54, 1.807) is 24.3 Å². The van der Waals surface area contributed by atoms with Crippen LogP contribution < -0.4 is 15.4 Å². The summed E-state index contributed by atoms with van der Waals surface area (Å²) in [6, 6.07) is 11.1. The summed E-state index contributed by atoms with van der Waals surface area (Å²) < 4.78 is 60.0. The second kappa shape index (κ2) is 11.4. The molecule has 0 aliphatic heterocycles. The summed E-state index contributed by atoms with van der Waals surface area (Å²) in [6.45, 7) is 2.20. The fourth-order valence-corrected chi connectivity index (χ4v) is 2.56. The van der Waals surface area contributed by atoms with Gasteiger partial charge in [-0.05, 0) is 42.3 Å². The van der Waals surface area contributed by atoms with Gasteiger partial charge in [0.15, 0.2) is 12.6 Å². The molecule has 0 aromatic heterocycles. The van der Waals surface area contributed by atoms with E-state index >= 15 is 0 Å². The van der Waals surface area contributed by atoms with E-state index < -0.39 is 12.8 Å². The van der Waals surface area contributed by atoms with Gasteiger partial charge in [-0.2, -0.15) is 13.2 Å². The molecule has 0 heterocycles. The molecule has 0 unspecified atom stereocenters. The van der Waals surface area contributed by atoms with E-state index in [-0.39, 0.29) is 18.2 Å². The van der Waals surface area contributed by atoms with Crippen molar-refractivity contribution in [1.82, 2.24) is 10.6 Å². The lowest BCUT2D eigenvalue weighted by atomic mass is 10.1. The molecule has 2 aromatic rings. The van der Waals surface area contributed by atoms with E-state index in [2.05, 4.69) is 15.6 Å². The van der Waals surface area contributed by atoms with Crippen molar-refractivity contribution in [3.63, 3.8) is 0 Å². The summed E-state index contributed by atoms with van der Waals surface area (Å²) >= 11 is 0. The van der Waals surface area contributed by atoms with Crippen LogP contribution >= 0.6 is 0 Å². The van der Waals surface area contributed by atoms with Crippen molar-refractivity contribution in [2.45, 2.75) is 32.8 Å². The van der Waals surface area contributed by atoms with Crippen LogP contribution in [0.2, 0.25) is 0 Å². The van der Waals surface area contributed by atoms with Gasteiger partial charge in [0, 0.05) is 25.8 Å². The van der Waals surface area contributed by atoms with Crippen LogP contribution in [0.15, 0.2) is 47.5 Å². The average Bonchev–Trinajstić information content (AvgIpc) is 2.71. The van der Waals surface area contributed by atoms with Gasteiger partial charge < -0.3 is 20.1 Å². The van der Waals surface area contributed by atoms with Crippen LogP contribution in [0.4, 0.5) is 17.6 Å². The normalized spacial score (nSPS) is 12.0. The molecular weight excluding hydrogens is 402 g/mol. The predicted octanol–water partition coefficient (Wildman–Crippen LogP) is 4.17. The van der Waals surface area contributed by atoms with Gasteiger partial charge in [0.25, 0.3) is 0 Å². The van der Waals surface area contributed by atoms with Crippen LogP contribution in [-0.4, -0.2) is 32.4 Å².